The van der Waals surface area contributed by atoms with Gasteiger partial charge >= 0.3 is 0 Å². The minimum Gasteiger partial charge on any atom is -0.297 e. The molecule has 5 nitrogen and oxygen atoms in total. The van der Waals surface area contributed by atoms with Crippen molar-refractivity contribution in [2.24, 2.45) is 4.99 Å². The molecule has 0 aromatic carbocycles. The molecular weight excluding hydrogens is 286 g/mol. The first-order valence-corrected chi connectivity index (χ1v) is 8.23. The summed E-state index contributed by atoms with van der Waals surface area (Å²) in [5, 5.41) is 3.57. The van der Waals surface area contributed by atoms with E-state index >= 15 is 0 Å². The molecule has 1 saturated heterocycles. The van der Waals surface area contributed by atoms with Crippen molar-refractivity contribution in [3.8, 4) is 0 Å². The predicted molar refractivity (Wildman–Crippen MR) is 92.5 cm³/mol. The molecule has 2 aromatic rings. The van der Waals surface area contributed by atoms with Crippen LogP contribution >= 0.6 is 0 Å². The first-order valence-electron chi connectivity index (χ1n) is 8.23. The Morgan fingerprint density at radius 2 is 2.04 bits per heavy atom. The van der Waals surface area contributed by atoms with Crippen LogP contribution in [0, 0.1) is 0 Å². The van der Waals surface area contributed by atoms with Crippen LogP contribution in [0.25, 0.3) is 0 Å². The number of pyridine rings is 2. The highest BCUT2D eigenvalue weighted by Gasteiger charge is 2.23. The Bertz CT molecular complexity index is 599. The highest BCUT2D eigenvalue weighted by molar-refractivity contribution is 5.76. The second-order valence-corrected chi connectivity index (χ2v) is 5.64. The monoisotopic (exact) mass is 309 g/mol. The summed E-state index contributed by atoms with van der Waals surface area (Å²) in [5.74, 6) is 0. The molecule has 23 heavy (non-hydrogen) atoms. The van der Waals surface area contributed by atoms with E-state index < -0.39 is 0 Å². The lowest BCUT2D eigenvalue weighted by Gasteiger charge is -2.36. The lowest BCUT2D eigenvalue weighted by molar-refractivity contribution is 0.127. The summed E-state index contributed by atoms with van der Waals surface area (Å²) in [4.78, 5) is 15.7. The second kappa shape index (κ2) is 8.50. The van der Waals surface area contributed by atoms with Gasteiger partial charge in [-0.05, 0) is 43.7 Å². The SMILES string of the molecule is C(=NCCCN1CCCNC1c1ccccn1)c1ccccn1. The quantitative estimate of drug-likeness (QED) is 0.657. The van der Waals surface area contributed by atoms with Gasteiger partial charge in [-0.25, -0.2) is 0 Å². The van der Waals surface area contributed by atoms with Crippen molar-refractivity contribution < 1.29 is 0 Å². The van der Waals surface area contributed by atoms with E-state index in [-0.39, 0.29) is 6.17 Å². The Morgan fingerprint density at radius 1 is 1.17 bits per heavy atom. The topological polar surface area (TPSA) is 53.4 Å². The van der Waals surface area contributed by atoms with Gasteiger partial charge < -0.3 is 0 Å². The van der Waals surface area contributed by atoms with Gasteiger partial charge in [-0.3, -0.25) is 25.2 Å². The van der Waals surface area contributed by atoms with Crippen LogP contribution in [0.4, 0.5) is 0 Å². The number of aromatic nitrogens is 2. The number of rotatable bonds is 6. The van der Waals surface area contributed by atoms with Crippen LogP contribution in [0.2, 0.25) is 0 Å². The van der Waals surface area contributed by atoms with E-state index in [2.05, 4.69) is 31.2 Å². The molecule has 3 rings (SSSR count). The molecule has 0 radical (unpaired) electrons. The lowest BCUT2D eigenvalue weighted by Crippen LogP contribution is -2.45. The van der Waals surface area contributed by atoms with E-state index in [1.165, 1.54) is 6.42 Å². The second-order valence-electron chi connectivity index (χ2n) is 5.64. The van der Waals surface area contributed by atoms with Crippen LogP contribution in [0.5, 0.6) is 0 Å². The molecule has 3 heterocycles. The molecular formula is C18H23N5. The Morgan fingerprint density at radius 3 is 2.83 bits per heavy atom. The maximum Gasteiger partial charge on any atom is 0.104 e. The average Bonchev–Trinajstić information content (AvgIpc) is 2.63. The zero-order valence-electron chi connectivity index (χ0n) is 13.3. The summed E-state index contributed by atoms with van der Waals surface area (Å²) in [6, 6.07) is 12.0. The molecule has 1 unspecified atom stereocenters. The summed E-state index contributed by atoms with van der Waals surface area (Å²) in [5.41, 5.74) is 2.02. The molecule has 1 fully saturated rings. The Hall–Kier alpha value is -2.11. The highest BCUT2D eigenvalue weighted by atomic mass is 15.3. The van der Waals surface area contributed by atoms with Crippen molar-refractivity contribution in [3.63, 3.8) is 0 Å². The van der Waals surface area contributed by atoms with Gasteiger partial charge in [-0.1, -0.05) is 12.1 Å². The first-order chi connectivity index (χ1) is 11.4. The Labute approximate surface area is 137 Å². The molecule has 0 amide bonds. The van der Waals surface area contributed by atoms with E-state index in [0.29, 0.717) is 0 Å². The Kier molecular flexibility index (Phi) is 5.83. The van der Waals surface area contributed by atoms with E-state index in [9.17, 15) is 0 Å². The van der Waals surface area contributed by atoms with Gasteiger partial charge in [0, 0.05) is 38.2 Å². The first kappa shape index (κ1) is 15.8. The molecule has 0 bridgehead atoms. The smallest absolute Gasteiger partial charge is 0.104 e. The van der Waals surface area contributed by atoms with Gasteiger partial charge in [0.2, 0.25) is 0 Å². The zero-order valence-corrected chi connectivity index (χ0v) is 13.3. The van der Waals surface area contributed by atoms with Crippen molar-refractivity contribution in [1.29, 1.82) is 0 Å². The third-order valence-corrected chi connectivity index (χ3v) is 3.94. The van der Waals surface area contributed by atoms with E-state index in [4.69, 9.17) is 0 Å². The molecule has 0 aliphatic carbocycles. The average molecular weight is 309 g/mol. The van der Waals surface area contributed by atoms with Crippen molar-refractivity contribution >= 4 is 6.21 Å². The standard InChI is InChI=1S/C18H23N5/c1-3-10-20-16(7-1)15-19-9-5-13-23-14-6-12-22-18(23)17-8-2-4-11-21-17/h1-4,7-8,10-11,15,18,22H,5-6,9,12-14H2. The van der Waals surface area contributed by atoms with E-state index in [1.807, 2.05) is 42.7 Å². The molecule has 5 heteroatoms. The van der Waals surface area contributed by atoms with Gasteiger partial charge in [0.1, 0.15) is 6.17 Å². The largest absolute Gasteiger partial charge is 0.297 e. The molecule has 0 saturated carbocycles. The lowest BCUT2D eigenvalue weighted by atomic mass is 10.2. The molecule has 2 aromatic heterocycles. The summed E-state index contributed by atoms with van der Waals surface area (Å²) in [7, 11) is 0. The predicted octanol–water partition coefficient (Wildman–Crippen LogP) is 2.28. The van der Waals surface area contributed by atoms with Gasteiger partial charge in [0.15, 0.2) is 0 Å². The summed E-state index contributed by atoms with van der Waals surface area (Å²) in [6.07, 6.45) is 7.95. The van der Waals surface area contributed by atoms with Gasteiger partial charge in [0.05, 0.1) is 11.4 Å². The summed E-state index contributed by atoms with van der Waals surface area (Å²) >= 11 is 0. The fourth-order valence-electron chi connectivity index (χ4n) is 2.82. The van der Waals surface area contributed by atoms with Crippen molar-refractivity contribution in [2.75, 3.05) is 26.2 Å². The zero-order chi connectivity index (χ0) is 15.7. The normalized spacial score (nSPS) is 19.2. The number of aliphatic imine (C=N–C) groups is 1. The summed E-state index contributed by atoms with van der Waals surface area (Å²) in [6.45, 7) is 4.00. The van der Waals surface area contributed by atoms with Crippen LogP contribution < -0.4 is 5.32 Å². The summed E-state index contributed by atoms with van der Waals surface area (Å²) < 4.78 is 0. The van der Waals surface area contributed by atoms with Crippen molar-refractivity contribution in [2.45, 2.75) is 19.0 Å². The minimum atomic E-state index is 0.227. The van der Waals surface area contributed by atoms with Crippen molar-refractivity contribution in [3.05, 3.63) is 60.2 Å². The van der Waals surface area contributed by atoms with Crippen molar-refractivity contribution in [1.82, 2.24) is 20.2 Å². The van der Waals surface area contributed by atoms with Crippen LogP contribution in [0.3, 0.4) is 0 Å². The van der Waals surface area contributed by atoms with Crippen LogP contribution in [-0.4, -0.2) is 47.3 Å². The number of nitrogens with one attached hydrogen (secondary N) is 1. The maximum absolute atomic E-state index is 4.49. The molecule has 120 valence electrons. The molecule has 1 aliphatic rings. The number of nitrogens with zero attached hydrogens (tertiary/aromatic N) is 4. The van der Waals surface area contributed by atoms with Crippen LogP contribution in [0.15, 0.2) is 53.8 Å². The highest BCUT2D eigenvalue weighted by Crippen LogP contribution is 2.19. The molecule has 1 aliphatic heterocycles. The van der Waals surface area contributed by atoms with Crippen LogP contribution in [0.1, 0.15) is 30.4 Å². The number of hydrogen-bond acceptors (Lipinski definition) is 5. The maximum atomic E-state index is 4.49. The van der Waals surface area contributed by atoms with Gasteiger partial charge in [-0.2, -0.15) is 0 Å². The minimum absolute atomic E-state index is 0.227. The third kappa shape index (κ3) is 4.68. The van der Waals surface area contributed by atoms with E-state index in [0.717, 1.165) is 44.0 Å². The Balaban J connectivity index is 1.49. The fourth-order valence-corrected chi connectivity index (χ4v) is 2.82. The third-order valence-electron chi connectivity index (χ3n) is 3.94. The molecule has 1 atom stereocenters. The molecule has 0 spiro atoms. The van der Waals surface area contributed by atoms with Crippen LogP contribution in [-0.2, 0) is 0 Å². The fraction of sp³-hybridized carbons (Fsp3) is 0.389. The van der Waals surface area contributed by atoms with Gasteiger partial charge in [-0.15, -0.1) is 0 Å². The van der Waals surface area contributed by atoms with E-state index in [1.54, 1.807) is 6.20 Å². The molecule has 1 N–H and O–H groups in total. The van der Waals surface area contributed by atoms with Gasteiger partial charge in [0.25, 0.3) is 0 Å². The number of hydrogen-bond donors (Lipinski definition) is 1.